The van der Waals surface area contributed by atoms with E-state index in [1.165, 1.54) is 0 Å². The fourth-order valence-electron chi connectivity index (χ4n) is 3.91. The van der Waals surface area contributed by atoms with Crippen LogP contribution in [0, 0.1) is 11.6 Å². The summed E-state index contributed by atoms with van der Waals surface area (Å²) >= 11 is 0. The molecule has 0 amide bonds. The molecule has 1 saturated heterocycles. The van der Waals surface area contributed by atoms with Crippen LogP contribution in [0.2, 0.25) is 0 Å². The van der Waals surface area contributed by atoms with Gasteiger partial charge in [-0.05, 0) is 36.4 Å². The Balaban J connectivity index is 1.62. The van der Waals surface area contributed by atoms with Gasteiger partial charge >= 0.3 is 0 Å². The summed E-state index contributed by atoms with van der Waals surface area (Å²) in [7, 11) is 0. The van der Waals surface area contributed by atoms with E-state index in [0.29, 0.717) is 16.9 Å². The van der Waals surface area contributed by atoms with Crippen LogP contribution in [0.15, 0.2) is 55.0 Å². The predicted octanol–water partition coefficient (Wildman–Crippen LogP) is 4.59. The molecule has 4 heterocycles. The summed E-state index contributed by atoms with van der Waals surface area (Å²) < 4.78 is 42.5. The molecule has 146 valence electrons. The molecule has 2 atom stereocenters. The zero-order valence-electron chi connectivity index (χ0n) is 15.2. The summed E-state index contributed by atoms with van der Waals surface area (Å²) in [6, 6.07) is 7.98. The van der Waals surface area contributed by atoms with Crippen LogP contribution in [0.4, 0.5) is 19.0 Å². The lowest BCUT2D eigenvalue weighted by atomic mass is 10.0. The predicted molar refractivity (Wildman–Crippen MR) is 103 cm³/mol. The Morgan fingerprint density at radius 2 is 2.00 bits per heavy atom. The molecule has 0 aliphatic carbocycles. The van der Waals surface area contributed by atoms with E-state index in [1.807, 2.05) is 6.07 Å². The number of aromatic amines is 1. The number of nitrogens with one attached hydrogen (secondary N) is 1. The maximum atomic E-state index is 14.4. The number of H-pyrrole nitrogens is 1. The minimum absolute atomic E-state index is 0.0560. The Kier molecular flexibility index (Phi) is 4.19. The van der Waals surface area contributed by atoms with Gasteiger partial charge in [0.05, 0.1) is 29.8 Å². The highest BCUT2D eigenvalue weighted by molar-refractivity contribution is 5.91. The van der Waals surface area contributed by atoms with E-state index in [-0.39, 0.29) is 18.5 Å². The van der Waals surface area contributed by atoms with Gasteiger partial charge in [0.15, 0.2) is 0 Å². The highest BCUT2D eigenvalue weighted by atomic mass is 19.1. The molecule has 1 aliphatic rings. The first-order valence-electron chi connectivity index (χ1n) is 9.21. The molecular formula is C21H16F3N5. The highest BCUT2D eigenvalue weighted by Crippen LogP contribution is 2.39. The lowest BCUT2D eigenvalue weighted by molar-refractivity contribution is 0.355. The summed E-state index contributed by atoms with van der Waals surface area (Å²) in [5.74, 6) is -0.623. The smallest absolute Gasteiger partial charge is 0.130 e. The average Bonchev–Trinajstić information content (AvgIpc) is 3.39. The van der Waals surface area contributed by atoms with E-state index in [0.717, 1.165) is 29.3 Å². The van der Waals surface area contributed by atoms with Crippen molar-refractivity contribution in [3.05, 3.63) is 72.2 Å². The quantitative estimate of drug-likeness (QED) is 0.551. The van der Waals surface area contributed by atoms with Crippen LogP contribution in [-0.4, -0.2) is 32.9 Å². The molecule has 4 aromatic rings. The topological polar surface area (TPSA) is 57.7 Å². The summed E-state index contributed by atoms with van der Waals surface area (Å²) in [5, 5.41) is 6.75. The van der Waals surface area contributed by atoms with E-state index in [2.05, 4.69) is 15.2 Å². The van der Waals surface area contributed by atoms with Crippen molar-refractivity contribution in [2.75, 3.05) is 11.4 Å². The maximum absolute atomic E-state index is 14.4. The average molecular weight is 395 g/mol. The summed E-state index contributed by atoms with van der Waals surface area (Å²) in [4.78, 5) is 10.7. The first-order valence-corrected chi connectivity index (χ1v) is 9.21. The number of rotatable bonds is 3. The number of aromatic nitrogens is 4. The maximum Gasteiger partial charge on any atom is 0.130 e. The molecule has 5 rings (SSSR count). The SMILES string of the molecule is Fc1ccc(F)c([C@H]2C[C@H](F)CN2c2ccc3nccc(-c4cn[nH]c4)c3n2)c1. The molecule has 0 spiro atoms. The minimum atomic E-state index is -1.16. The lowest BCUT2D eigenvalue weighted by Gasteiger charge is -2.26. The first kappa shape index (κ1) is 17.7. The number of pyridine rings is 2. The summed E-state index contributed by atoms with van der Waals surface area (Å²) in [6.07, 6.45) is 4.03. The van der Waals surface area contributed by atoms with Crippen LogP contribution in [-0.2, 0) is 0 Å². The normalized spacial score (nSPS) is 19.2. The lowest BCUT2D eigenvalue weighted by Crippen LogP contribution is -2.25. The van der Waals surface area contributed by atoms with Gasteiger partial charge in [0.1, 0.15) is 23.6 Å². The molecule has 29 heavy (non-hydrogen) atoms. The minimum Gasteiger partial charge on any atom is -0.346 e. The Bertz CT molecular complexity index is 1180. The fraction of sp³-hybridized carbons (Fsp3) is 0.190. The molecule has 1 fully saturated rings. The van der Waals surface area contributed by atoms with Gasteiger partial charge < -0.3 is 4.90 Å². The third-order valence-electron chi connectivity index (χ3n) is 5.24. The van der Waals surface area contributed by atoms with Crippen molar-refractivity contribution in [1.82, 2.24) is 20.2 Å². The van der Waals surface area contributed by atoms with Crippen molar-refractivity contribution < 1.29 is 13.2 Å². The third-order valence-corrected chi connectivity index (χ3v) is 5.24. The number of nitrogens with zero attached hydrogens (tertiary/aromatic N) is 4. The third kappa shape index (κ3) is 3.10. The number of alkyl halides is 1. The first-order chi connectivity index (χ1) is 14.1. The molecule has 5 nitrogen and oxygen atoms in total. The van der Waals surface area contributed by atoms with Crippen LogP contribution in [0.5, 0.6) is 0 Å². The number of benzene rings is 1. The van der Waals surface area contributed by atoms with E-state index in [9.17, 15) is 13.2 Å². The largest absolute Gasteiger partial charge is 0.346 e. The van der Waals surface area contributed by atoms with Crippen molar-refractivity contribution in [3.63, 3.8) is 0 Å². The second kappa shape index (κ2) is 6.88. The Morgan fingerprint density at radius 3 is 2.83 bits per heavy atom. The van der Waals surface area contributed by atoms with E-state index in [1.54, 1.807) is 35.6 Å². The van der Waals surface area contributed by atoms with E-state index in [4.69, 9.17) is 4.98 Å². The summed E-state index contributed by atoms with van der Waals surface area (Å²) in [6.45, 7) is 0.0560. The zero-order valence-corrected chi connectivity index (χ0v) is 15.2. The monoisotopic (exact) mass is 395 g/mol. The van der Waals surface area contributed by atoms with Gasteiger partial charge in [-0.25, -0.2) is 18.2 Å². The Hall–Kier alpha value is -3.42. The summed E-state index contributed by atoms with van der Waals surface area (Å²) in [5.41, 5.74) is 3.12. The van der Waals surface area contributed by atoms with Gasteiger partial charge in [-0.15, -0.1) is 0 Å². The van der Waals surface area contributed by atoms with E-state index < -0.39 is 23.8 Å². The Morgan fingerprint density at radius 1 is 1.10 bits per heavy atom. The molecule has 0 radical (unpaired) electrons. The highest BCUT2D eigenvalue weighted by Gasteiger charge is 2.36. The Labute approximate surface area is 164 Å². The number of fused-ring (bicyclic) bond motifs is 1. The van der Waals surface area contributed by atoms with Crippen molar-refractivity contribution in [2.45, 2.75) is 18.6 Å². The molecule has 0 saturated carbocycles. The zero-order chi connectivity index (χ0) is 20.0. The molecule has 1 aliphatic heterocycles. The van der Waals surface area contributed by atoms with Crippen molar-refractivity contribution >= 4 is 16.9 Å². The van der Waals surface area contributed by atoms with Crippen molar-refractivity contribution in [3.8, 4) is 11.1 Å². The van der Waals surface area contributed by atoms with Gasteiger partial charge in [-0.1, -0.05) is 0 Å². The van der Waals surface area contributed by atoms with Gasteiger partial charge in [0.2, 0.25) is 0 Å². The van der Waals surface area contributed by atoms with Gasteiger partial charge in [-0.2, -0.15) is 5.10 Å². The van der Waals surface area contributed by atoms with Crippen LogP contribution in [0.1, 0.15) is 18.0 Å². The van der Waals surface area contributed by atoms with Crippen LogP contribution in [0.3, 0.4) is 0 Å². The molecule has 8 heteroatoms. The van der Waals surface area contributed by atoms with Gasteiger partial charge in [0, 0.05) is 35.5 Å². The second-order valence-corrected chi connectivity index (χ2v) is 7.05. The number of hydrogen-bond acceptors (Lipinski definition) is 4. The number of hydrogen-bond donors (Lipinski definition) is 1. The molecule has 0 unspecified atom stereocenters. The fourth-order valence-corrected chi connectivity index (χ4v) is 3.91. The van der Waals surface area contributed by atoms with Crippen LogP contribution >= 0.6 is 0 Å². The van der Waals surface area contributed by atoms with E-state index >= 15 is 0 Å². The second-order valence-electron chi connectivity index (χ2n) is 7.05. The number of anilines is 1. The number of halogens is 3. The van der Waals surface area contributed by atoms with Crippen molar-refractivity contribution in [1.29, 1.82) is 0 Å². The molecule has 0 bridgehead atoms. The van der Waals surface area contributed by atoms with Gasteiger partial charge in [-0.3, -0.25) is 10.1 Å². The molecule has 3 aromatic heterocycles. The van der Waals surface area contributed by atoms with Crippen molar-refractivity contribution in [2.24, 2.45) is 0 Å². The molecule has 1 N–H and O–H groups in total. The van der Waals surface area contributed by atoms with Crippen LogP contribution in [0.25, 0.3) is 22.2 Å². The molecule has 1 aromatic carbocycles. The standard InChI is InChI=1S/C21H16F3N5/c22-13-1-2-17(24)16(7-13)19-8-14(23)11-29(19)20-4-3-18-21(28-20)15(5-6-25-18)12-9-26-27-10-12/h1-7,9-10,14,19H,8,11H2,(H,26,27)/t14-,19+/m0/s1. The van der Waals surface area contributed by atoms with Crippen LogP contribution < -0.4 is 4.90 Å². The van der Waals surface area contributed by atoms with Gasteiger partial charge in [0.25, 0.3) is 0 Å². The molecular weight excluding hydrogens is 379 g/mol.